The summed E-state index contributed by atoms with van der Waals surface area (Å²) < 4.78 is 12.5. The van der Waals surface area contributed by atoms with Crippen molar-refractivity contribution in [1.29, 1.82) is 0 Å². The summed E-state index contributed by atoms with van der Waals surface area (Å²) >= 11 is 0. The van der Waals surface area contributed by atoms with E-state index in [9.17, 15) is 9.59 Å². The smallest absolute Gasteiger partial charge is 0.266 e. The van der Waals surface area contributed by atoms with Crippen LogP contribution < -0.4 is 15.0 Å². The molecule has 4 rings (SSSR count). The van der Waals surface area contributed by atoms with Gasteiger partial charge in [0, 0.05) is 12.6 Å². The second kappa shape index (κ2) is 12.6. The number of ether oxygens (including phenoxy) is 2. The number of aryl methyl sites for hydroxylation is 1. The number of hydrogen-bond donors (Lipinski definition) is 0. The molecule has 204 valence electrons. The van der Waals surface area contributed by atoms with Gasteiger partial charge in [-0.25, -0.2) is 4.98 Å². The van der Waals surface area contributed by atoms with Gasteiger partial charge in [-0.2, -0.15) is 0 Å². The van der Waals surface area contributed by atoms with Crippen molar-refractivity contribution in [1.82, 2.24) is 14.5 Å². The molecule has 0 N–H and O–H groups in total. The number of para-hydroxylation sites is 1. The summed E-state index contributed by atoms with van der Waals surface area (Å²) in [5.74, 6) is 1.37. The van der Waals surface area contributed by atoms with Crippen molar-refractivity contribution in [3.05, 3.63) is 94.0 Å². The van der Waals surface area contributed by atoms with Gasteiger partial charge in [0.2, 0.25) is 0 Å². The van der Waals surface area contributed by atoms with Crippen LogP contribution in [0.15, 0.2) is 71.5 Å². The van der Waals surface area contributed by atoms with E-state index in [4.69, 9.17) is 14.5 Å². The predicted octanol–water partition coefficient (Wildman–Crippen LogP) is 6.50. The van der Waals surface area contributed by atoms with Crippen LogP contribution in [0.4, 0.5) is 0 Å². The lowest BCUT2D eigenvalue weighted by Crippen LogP contribution is -2.38. The number of fused-ring (bicyclic) bond motifs is 1. The second-order valence-electron chi connectivity index (χ2n) is 9.76. The fraction of sp³-hybridized carbons (Fsp3) is 0.344. The molecule has 7 nitrogen and oxygen atoms in total. The molecule has 39 heavy (non-hydrogen) atoms. The highest BCUT2D eigenvalue weighted by molar-refractivity contribution is 5.97. The normalized spacial score (nSPS) is 11.8. The molecule has 1 heterocycles. The number of carbonyl (C=O) groups is 1. The first-order valence-corrected chi connectivity index (χ1v) is 13.5. The molecule has 4 aromatic rings. The summed E-state index contributed by atoms with van der Waals surface area (Å²) in [4.78, 5) is 34.8. The maximum atomic E-state index is 14.1. The zero-order chi connectivity index (χ0) is 27.9. The number of methoxy groups -OCH3 is 2. The number of rotatable bonds is 11. The molecule has 0 saturated carbocycles. The number of aromatic nitrogens is 2. The highest BCUT2D eigenvalue weighted by atomic mass is 16.5. The first-order chi connectivity index (χ1) is 18.9. The molecular weight excluding hydrogens is 490 g/mol. The standard InChI is InChI=1S/C32H37N3O4/c1-6-7-8-11-20-34(31(36)27-19-18-25(38-4)21-29(27)39-5)23(3)30-33-28-13-10-9-12-26(28)32(37)35(30)24-16-14-22(2)15-17-24/h9-10,12-19,21,23H,6-8,11,20H2,1-5H3. The molecule has 1 unspecified atom stereocenters. The van der Waals surface area contributed by atoms with E-state index in [0.29, 0.717) is 46.0 Å². The minimum Gasteiger partial charge on any atom is -0.497 e. The van der Waals surface area contributed by atoms with Crippen LogP contribution in [0.25, 0.3) is 16.6 Å². The SMILES string of the molecule is CCCCCCN(C(=O)c1ccc(OC)cc1OC)C(C)c1nc2ccccc2c(=O)n1-c1ccc(C)cc1. The molecule has 0 saturated heterocycles. The summed E-state index contributed by atoms with van der Waals surface area (Å²) in [5.41, 5.74) is 2.69. The molecule has 0 aliphatic rings. The van der Waals surface area contributed by atoms with Crippen molar-refractivity contribution in [3.63, 3.8) is 0 Å². The number of carbonyl (C=O) groups excluding carboxylic acids is 1. The Balaban J connectivity index is 1.86. The fourth-order valence-electron chi connectivity index (χ4n) is 4.82. The van der Waals surface area contributed by atoms with Crippen LogP contribution >= 0.6 is 0 Å². The minimum atomic E-state index is -0.496. The number of unbranched alkanes of at least 4 members (excludes halogenated alkanes) is 3. The fourth-order valence-corrected chi connectivity index (χ4v) is 4.82. The van der Waals surface area contributed by atoms with Crippen molar-refractivity contribution >= 4 is 16.8 Å². The number of nitrogens with zero attached hydrogens (tertiary/aromatic N) is 3. The van der Waals surface area contributed by atoms with Crippen LogP contribution in [0.1, 0.15) is 67.3 Å². The van der Waals surface area contributed by atoms with E-state index in [0.717, 1.165) is 31.2 Å². The highest BCUT2D eigenvalue weighted by Crippen LogP contribution is 2.30. The molecule has 1 amide bonds. The monoisotopic (exact) mass is 527 g/mol. The van der Waals surface area contributed by atoms with Crippen molar-refractivity contribution in [2.75, 3.05) is 20.8 Å². The van der Waals surface area contributed by atoms with Crippen LogP contribution in [-0.4, -0.2) is 41.1 Å². The summed E-state index contributed by atoms with van der Waals surface area (Å²) in [5, 5.41) is 0.534. The lowest BCUT2D eigenvalue weighted by molar-refractivity contribution is 0.0673. The third-order valence-electron chi connectivity index (χ3n) is 7.09. The Morgan fingerprint density at radius 2 is 1.72 bits per heavy atom. The van der Waals surface area contributed by atoms with E-state index in [1.54, 1.807) is 48.0 Å². The number of benzene rings is 3. The molecule has 1 aromatic heterocycles. The quantitative estimate of drug-likeness (QED) is 0.208. The van der Waals surface area contributed by atoms with Crippen LogP contribution in [0.3, 0.4) is 0 Å². The first-order valence-electron chi connectivity index (χ1n) is 13.5. The van der Waals surface area contributed by atoms with Gasteiger partial charge in [0.15, 0.2) is 0 Å². The summed E-state index contributed by atoms with van der Waals surface area (Å²) in [7, 11) is 3.12. The third-order valence-corrected chi connectivity index (χ3v) is 7.09. The molecule has 1 atom stereocenters. The van der Waals surface area contributed by atoms with Crippen LogP contribution in [0.5, 0.6) is 11.5 Å². The van der Waals surface area contributed by atoms with E-state index in [2.05, 4.69) is 6.92 Å². The minimum absolute atomic E-state index is 0.160. The summed E-state index contributed by atoms with van der Waals surface area (Å²) in [6.45, 7) is 6.63. The predicted molar refractivity (Wildman–Crippen MR) is 155 cm³/mol. The Bertz CT molecular complexity index is 1490. The lowest BCUT2D eigenvalue weighted by atomic mass is 10.1. The largest absolute Gasteiger partial charge is 0.497 e. The molecule has 0 aliphatic carbocycles. The zero-order valence-corrected chi connectivity index (χ0v) is 23.4. The second-order valence-corrected chi connectivity index (χ2v) is 9.76. The highest BCUT2D eigenvalue weighted by Gasteiger charge is 2.29. The number of hydrogen-bond acceptors (Lipinski definition) is 5. The molecule has 0 fully saturated rings. The van der Waals surface area contributed by atoms with Gasteiger partial charge in [-0.3, -0.25) is 14.2 Å². The Morgan fingerprint density at radius 3 is 2.41 bits per heavy atom. The molecule has 0 bridgehead atoms. The van der Waals surface area contributed by atoms with Gasteiger partial charge in [-0.15, -0.1) is 0 Å². The Labute approximate surface area is 230 Å². The van der Waals surface area contributed by atoms with Crippen molar-refractivity contribution < 1.29 is 14.3 Å². The Hall–Kier alpha value is -4.13. The van der Waals surface area contributed by atoms with E-state index < -0.39 is 6.04 Å². The van der Waals surface area contributed by atoms with Gasteiger partial charge in [0.1, 0.15) is 17.3 Å². The number of amides is 1. The topological polar surface area (TPSA) is 73.7 Å². The van der Waals surface area contributed by atoms with Gasteiger partial charge in [0.25, 0.3) is 11.5 Å². The molecule has 0 spiro atoms. The van der Waals surface area contributed by atoms with Gasteiger partial charge in [-0.05, 0) is 56.7 Å². The van der Waals surface area contributed by atoms with Crippen molar-refractivity contribution in [2.45, 2.75) is 52.5 Å². The molecule has 0 aliphatic heterocycles. The van der Waals surface area contributed by atoms with Gasteiger partial charge < -0.3 is 14.4 Å². The molecule has 7 heteroatoms. The van der Waals surface area contributed by atoms with Crippen molar-refractivity contribution in [3.8, 4) is 17.2 Å². The molecular formula is C32H37N3O4. The lowest BCUT2D eigenvalue weighted by Gasteiger charge is -2.31. The van der Waals surface area contributed by atoms with E-state index in [1.807, 2.05) is 56.3 Å². The summed E-state index contributed by atoms with van der Waals surface area (Å²) in [6, 6.07) is 19.8. The Kier molecular flexibility index (Phi) is 9.02. The van der Waals surface area contributed by atoms with E-state index in [-0.39, 0.29) is 11.5 Å². The van der Waals surface area contributed by atoms with Gasteiger partial charge in [0.05, 0.1) is 42.4 Å². The molecule has 3 aromatic carbocycles. The van der Waals surface area contributed by atoms with Crippen LogP contribution in [0, 0.1) is 6.92 Å². The maximum absolute atomic E-state index is 14.1. The Morgan fingerprint density at radius 1 is 0.974 bits per heavy atom. The average molecular weight is 528 g/mol. The van der Waals surface area contributed by atoms with E-state index >= 15 is 0 Å². The van der Waals surface area contributed by atoms with Crippen LogP contribution in [0.2, 0.25) is 0 Å². The first kappa shape index (κ1) is 27.9. The zero-order valence-electron chi connectivity index (χ0n) is 23.4. The van der Waals surface area contributed by atoms with Gasteiger partial charge >= 0.3 is 0 Å². The molecule has 0 radical (unpaired) electrons. The third kappa shape index (κ3) is 5.98. The average Bonchev–Trinajstić information content (AvgIpc) is 2.96. The van der Waals surface area contributed by atoms with Crippen molar-refractivity contribution in [2.24, 2.45) is 0 Å². The van der Waals surface area contributed by atoms with E-state index in [1.165, 1.54) is 0 Å². The van der Waals surface area contributed by atoms with Gasteiger partial charge in [-0.1, -0.05) is 56.0 Å². The maximum Gasteiger partial charge on any atom is 0.266 e. The summed E-state index contributed by atoms with van der Waals surface area (Å²) in [6.07, 6.45) is 4.02. The van der Waals surface area contributed by atoms with Crippen LogP contribution in [-0.2, 0) is 0 Å².